The molecule has 0 amide bonds. The van der Waals surface area contributed by atoms with Crippen LogP contribution < -0.4 is 5.32 Å². The average Bonchev–Trinajstić information content (AvgIpc) is 2.32. The Hall–Kier alpha value is -1.06. The van der Waals surface area contributed by atoms with Crippen molar-refractivity contribution in [2.24, 2.45) is 5.92 Å². The van der Waals surface area contributed by atoms with Gasteiger partial charge in [0, 0.05) is 11.6 Å². The lowest BCUT2D eigenvalue weighted by molar-refractivity contribution is 0.107. The monoisotopic (exact) mass is 249 g/mol. The van der Waals surface area contributed by atoms with E-state index in [4.69, 9.17) is 0 Å². The minimum atomic E-state index is -0.774. The highest BCUT2D eigenvalue weighted by Gasteiger charge is 2.21. The number of aryl methyl sites for hydroxylation is 1. The predicted octanol–water partition coefficient (Wildman–Crippen LogP) is 2.86. The van der Waals surface area contributed by atoms with E-state index in [9.17, 15) is 10.2 Å². The molecule has 1 aromatic carbocycles. The molecule has 100 valence electrons. The zero-order chi connectivity index (χ0) is 13.1. The van der Waals surface area contributed by atoms with Crippen LogP contribution in [-0.4, -0.2) is 16.3 Å². The number of hydrogen-bond donors (Lipinski definition) is 3. The number of phenolic OH excluding ortho intramolecular Hbond substituents is 1. The number of aliphatic hydroxyl groups is 1. The van der Waals surface area contributed by atoms with Crippen molar-refractivity contribution in [2.45, 2.75) is 51.8 Å². The molecule has 1 unspecified atom stereocenters. The smallest absolute Gasteiger partial charge is 0.134 e. The number of hydrogen-bond acceptors (Lipinski definition) is 3. The average molecular weight is 249 g/mol. The van der Waals surface area contributed by atoms with Gasteiger partial charge in [-0.05, 0) is 50.2 Å². The van der Waals surface area contributed by atoms with Crippen LogP contribution in [0.4, 0.5) is 0 Å². The second kappa shape index (κ2) is 5.72. The Balaban J connectivity index is 1.97. The van der Waals surface area contributed by atoms with Crippen molar-refractivity contribution in [3.05, 3.63) is 29.3 Å². The molecular formula is C15H23NO2. The Morgan fingerprint density at radius 2 is 1.89 bits per heavy atom. The first kappa shape index (κ1) is 13.4. The van der Waals surface area contributed by atoms with E-state index >= 15 is 0 Å². The number of phenols is 1. The summed E-state index contributed by atoms with van der Waals surface area (Å²) in [5.41, 5.74) is 1.56. The zero-order valence-electron chi connectivity index (χ0n) is 11.2. The highest BCUT2D eigenvalue weighted by Crippen LogP contribution is 2.28. The first-order chi connectivity index (χ1) is 8.56. The van der Waals surface area contributed by atoms with Crippen LogP contribution in [-0.2, 0) is 0 Å². The highest BCUT2D eigenvalue weighted by molar-refractivity contribution is 5.37. The van der Waals surface area contributed by atoms with Crippen LogP contribution >= 0.6 is 0 Å². The van der Waals surface area contributed by atoms with E-state index in [1.165, 1.54) is 12.8 Å². The molecule has 1 fully saturated rings. The first-order valence-electron chi connectivity index (χ1n) is 6.80. The van der Waals surface area contributed by atoms with Crippen molar-refractivity contribution < 1.29 is 10.2 Å². The number of aromatic hydroxyl groups is 1. The summed E-state index contributed by atoms with van der Waals surface area (Å²) in [4.78, 5) is 0. The molecule has 3 N–H and O–H groups in total. The molecule has 3 heteroatoms. The fourth-order valence-electron chi connectivity index (χ4n) is 2.62. The Bertz CT molecular complexity index is 397. The van der Waals surface area contributed by atoms with Crippen LogP contribution in [0.25, 0.3) is 0 Å². The van der Waals surface area contributed by atoms with E-state index in [0.29, 0.717) is 11.6 Å². The summed E-state index contributed by atoms with van der Waals surface area (Å²) in [5, 5.41) is 23.2. The molecule has 1 saturated carbocycles. The second-order valence-electron chi connectivity index (χ2n) is 5.59. The molecule has 0 heterocycles. The summed E-state index contributed by atoms with van der Waals surface area (Å²) in [6, 6.07) is 5.73. The van der Waals surface area contributed by atoms with Gasteiger partial charge in [-0.25, -0.2) is 0 Å². The van der Waals surface area contributed by atoms with E-state index in [2.05, 4.69) is 12.2 Å². The number of rotatable bonds is 3. The molecule has 1 aliphatic rings. The third-order valence-electron chi connectivity index (χ3n) is 3.89. The predicted molar refractivity (Wildman–Crippen MR) is 72.4 cm³/mol. The van der Waals surface area contributed by atoms with Gasteiger partial charge in [0.15, 0.2) is 0 Å². The van der Waals surface area contributed by atoms with Crippen LogP contribution in [0.2, 0.25) is 0 Å². The van der Waals surface area contributed by atoms with Gasteiger partial charge in [0.25, 0.3) is 0 Å². The van der Waals surface area contributed by atoms with Crippen molar-refractivity contribution in [3.63, 3.8) is 0 Å². The quantitative estimate of drug-likeness (QED) is 0.722. The summed E-state index contributed by atoms with van der Waals surface area (Å²) < 4.78 is 0. The molecule has 2 rings (SSSR count). The molecule has 18 heavy (non-hydrogen) atoms. The van der Waals surface area contributed by atoms with Crippen molar-refractivity contribution in [2.75, 3.05) is 0 Å². The van der Waals surface area contributed by atoms with Gasteiger partial charge in [-0.15, -0.1) is 0 Å². The molecule has 1 aromatic rings. The molecule has 0 spiro atoms. The van der Waals surface area contributed by atoms with Crippen LogP contribution in [0, 0.1) is 12.8 Å². The molecule has 1 atom stereocenters. The van der Waals surface area contributed by atoms with E-state index in [0.717, 1.165) is 24.3 Å². The summed E-state index contributed by atoms with van der Waals surface area (Å²) in [5.74, 6) is 0.965. The van der Waals surface area contributed by atoms with Crippen LogP contribution in [0.3, 0.4) is 0 Å². The Labute approximate surface area is 109 Å². The molecule has 0 saturated heterocycles. The van der Waals surface area contributed by atoms with Crippen LogP contribution in [0.15, 0.2) is 18.2 Å². The summed E-state index contributed by atoms with van der Waals surface area (Å²) in [6.07, 6.45) is 3.86. The van der Waals surface area contributed by atoms with Gasteiger partial charge in [-0.1, -0.05) is 19.1 Å². The molecular weight excluding hydrogens is 226 g/mol. The van der Waals surface area contributed by atoms with E-state index in [-0.39, 0.29) is 5.75 Å². The van der Waals surface area contributed by atoms with Gasteiger partial charge in [-0.2, -0.15) is 0 Å². The second-order valence-corrected chi connectivity index (χ2v) is 5.59. The summed E-state index contributed by atoms with van der Waals surface area (Å²) in [6.45, 7) is 4.20. The fourth-order valence-corrected chi connectivity index (χ4v) is 2.62. The van der Waals surface area contributed by atoms with Crippen LogP contribution in [0.1, 0.15) is 50.0 Å². The number of benzene rings is 1. The topological polar surface area (TPSA) is 52.5 Å². The van der Waals surface area contributed by atoms with Gasteiger partial charge >= 0.3 is 0 Å². The van der Waals surface area contributed by atoms with E-state index < -0.39 is 6.23 Å². The lowest BCUT2D eigenvalue weighted by Crippen LogP contribution is -2.35. The van der Waals surface area contributed by atoms with Gasteiger partial charge in [0.2, 0.25) is 0 Å². The third-order valence-corrected chi connectivity index (χ3v) is 3.89. The van der Waals surface area contributed by atoms with Crippen LogP contribution in [0.5, 0.6) is 5.75 Å². The van der Waals surface area contributed by atoms with Crippen molar-refractivity contribution in [1.29, 1.82) is 0 Å². The highest BCUT2D eigenvalue weighted by atomic mass is 16.3. The van der Waals surface area contributed by atoms with Gasteiger partial charge in [0.1, 0.15) is 12.0 Å². The SMILES string of the molecule is Cc1ccc(C(O)NC2CCC(C)CC2)c(O)c1. The third kappa shape index (κ3) is 3.24. The molecule has 0 radical (unpaired) electrons. The fraction of sp³-hybridized carbons (Fsp3) is 0.600. The number of aliphatic hydroxyl groups excluding tert-OH is 1. The standard InChI is InChI=1S/C15H23NO2/c1-10-3-6-12(7-4-10)16-15(18)13-8-5-11(2)9-14(13)17/h5,8-10,12,15-18H,3-4,6-7H2,1-2H3. The molecule has 0 aromatic heterocycles. The van der Waals surface area contributed by atoms with Crippen molar-refractivity contribution in [1.82, 2.24) is 5.32 Å². The minimum Gasteiger partial charge on any atom is -0.508 e. The van der Waals surface area contributed by atoms with Gasteiger partial charge in [-0.3, -0.25) is 5.32 Å². The summed E-state index contributed by atoms with van der Waals surface area (Å²) in [7, 11) is 0. The largest absolute Gasteiger partial charge is 0.508 e. The first-order valence-corrected chi connectivity index (χ1v) is 6.80. The Morgan fingerprint density at radius 3 is 2.50 bits per heavy atom. The molecule has 3 nitrogen and oxygen atoms in total. The maximum atomic E-state index is 10.1. The summed E-state index contributed by atoms with van der Waals surface area (Å²) >= 11 is 0. The number of nitrogens with one attached hydrogen (secondary N) is 1. The Kier molecular flexibility index (Phi) is 4.25. The van der Waals surface area contributed by atoms with Gasteiger partial charge in [0.05, 0.1) is 0 Å². The van der Waals surface area contributed by atoms with Crippen molar-refractivity contribution >= 4 is 0 Å². The molecule has 0 bridgehead atoms. The lowest BCUT2D eigenvalue weighted by atomic mass is 9.87. The maximum Gasteiger partial charge on any atom is 0.134 e. The minimum absolute atomic E-state index is 0.166. The van der Waals surface area contributed by atoms with E-state index in [1.54, 1.807) is 12.1 Å². The normalized spacial score (nSPS) is 25.9. The van der Waals surface area contributed by atoms with Crippen molar-refractivity contribution in [3.8, 4) is 5.75 Å². The zero-order valence-corrected chi connectivity index (χ0v) is 11.2. The Morgan fingerprint density at radius 1 is 1.22 bits per heavy atom. The molecule has 1 aliphatic carbocycles. The lowest BCUT2D eigenvalue weighted by Gasteiger charge is -2.29. The molecule has 0 aliphatic heterocycles. The van der Waals surface area contributed by atoms with E-state index in [1.807, 2.05) is 13.0 Å². The van der Waals surface area contributed by atoms with Gasteiger partial charge < -0.3 is 10.2 Å². The maximum absolute atomic E-state index is 10.1.